The van der Waals surface area contributed by atoms with Crippen LogP contribution in [-0.4, -0.2) is 57.4 Å². The summed E-state index contributed by atoms with van der Waals surface area (Å²) in [6, 6.07) is 8.35. The molecule has 1 heterocycles. The zero-order valence-electron chi connectivity index (χ0n) is 17.0. The number of nitrogens with zero attached hydrogens (tertiary/aromatic N) is 2. The summed E-state index contributed by atoms with van der Waals surface area (Å²) in [6.07, 6.45) is 1.16. The van der Waals surface area contributed by atoms with Crippen LogP contribution in [0.3, 0.4) is 0 Å². The second kappa shape index (κ2) is 9.81. The normalized spacial score (nSPS) is 18.3. The third kappa shape index (κ3) is 6.20. The molecule has 1 atom stereocenters. The molecule has 2 rings (SSSR count). The molecule has 1 saturated heterocycles. The van der Waals surface area contributed by atoms with Gasteiger partial charge in [0.2, 0.25) is 0 Å². The Kier molecular flexibility index (Phi) is 7.76. The van der Waals surface area contributed by atoms with Crippen molar-refractivity contribution in [2.45, 2.75) is 39.5 Å². The molecule has 5 heteroatoms. The number of aliphatic imine (C=N–C) groups is 1. The Hall–Kier alpha value is -1.75. The first-order valence-electron chi connectivity index (χ1n) is 9.69. The average molecular weight is 362 g/mol. The van der Waals surface area contributed by atoms with Gasteiger partial charge < -0.3 is 19.7 Å². The Labute approximate surface area is 158 Å². The Morgan fingerprint density at radius 1 is 1.35 bits per heavy atom. The highest BCUT2D eigenvalue weighted by molar-refractivity contribution is 5.80. The SMILES string of the molecule is CCNC(=NCCOc1cccc(C(C)(C)C)c1)N1CCC(COC)C1. The maximum Gasteiger partial charge on any atom is 0.194 e. The van der Waals surface area contributed by atoms with Crippen LogP contribution in [0.2, 0.25) is 0 Å². The molecule has 146 valence electrons. The first-order valence-corrected chi connectivity index (χ1v) is 9.69. The van der Waals surface area contributed by atoms with E-state index in [4.69, 9.17) is 14.5 Å². The Morgan fingerprint density at radius 2 is 2.15 bits per heavy atom. The van der Waals surface area contributed by atoms with Crippen molar-refractivity contribution in [2.24, 2.45) is 10.9 Å². The predicted octanol–water partition coefficient (Wildman–Crippen LogP) is 3.30. The molecule has 5 nitrogen and oxygen atoms in total. The van der Waals surface area contributed by atoms with Crippen LogP contribution >= 0.6 is 0 Å². The van der Waals surface area contributed by atoms with Crippen LogP contribution in [0.1, 0.15) is 39.7 Å². The van der Waals surface area contributed by atoms with Crippen molar-refractivity contribution in [3.63, 3.8) is 0 Å². The lowest BCUT2D eigenvalue weighted by molar-refractivity contribution is 0.157. The molecule has 1 aliphatic heterocycles. The number of nitrogens with one attached hydrogen (secondary N) is 1. The van der Waals surface area contributed by atoms with Crippen molar-refractivity contribution in [3.05, 3.63) is 29.8 Å². The van der Waals surface area contributed by atoms with Gasteiger partial charge in [-0.25, -0.2) is 4.99 Å². The van der Waals surface area contributed by atoms with E-state index in [-0.39, 0.29) is 5.41 Å². The van der Waals surface area contributed by atoms with Gasteiger partial charge in [0.25, 0.3) is 0 Å². The first-order chi connectivity index (χ1) is 12.4. The summed E-state index contributed by atoms with van der Waals surface area (Å²) in [5.74, 6) is 2.50. The number of guanidine groups is 1. The van der Waals surface area contributed by atoms with Crippen molar-refractivity contribution in [3.8, 4) is 5.75 Å². The van der Waals surface area contributed by atoms with Crippen molar-refractivity contribution in [2.75, 3.05) is 46.5 Å². The van der Waals surface area contributed by atoms with Gasteiger partial charge in [-0.05, 0) is 36.5 Å². The smallest absolute Gasteiger partial charge is 0.194 e. The molecule has 1 aromatic rings. The summed E-state index contributed by atoms with van der Waals surface area (Å²) in [5.41, 5.74) is 1.41. The lowest BCUT2D eigenvalue weighted by Gasteiger charge is -2.22. The van der Waals surface area contributed by atoms with Gasteiger partial charge in [0.15, 0.2) is 5.96 Å². The monoisotopic (exact) mass is 361 g/mol. The largest absolute Gasteiger partial charge is 0.492 e. The van der Waals surface area contributed by atoms with Crippen LogP contribution in [0.5, 0.6) is 5.75 Å². The fourth-order valence-electron chi connectivity index (χ4n) is 3.19. The van der Waals surface area contributed by atoms with E-state index in [2.05, 4.69) is 56.1 Å². The summed E-state index contributed by atoms with van der Waals surface area (Å²) in [5, 5.41) is 3.39. The maximum absolute atomic E-state index is 5.92. The van der Waals surface area contributed by atoms with Crippen LogP contribution in [0.4, 0.5) is 0 Å². The number of benzene rings is 1. The van der Waals surface area contributed by atoms with Crippen molar-refractivity contribution >= 4 is 5.96 Å². The molecular formula is C21H35N3O2. The van der Waals surface area contributed by atoms with Gasteiger partial charge >= 0.3 is 0 Å². The molecule has 0 amide bonds. The Balaban J connectivity index is 1.87. The Morgan fingerprint density at radius 3 is 2.85 bits per heavy atom. The van der Waals surface area contributed by atoms with E-state index in [9.17, 15) is 0 Å². The van der Waals surface area contributed by atoms with Crippen molar-refractivity contribution in [1.29, 1.82) is 0 Å². The van der Waals surface area contributed by atoms with E-state index in [0.29, 0.717) is 19.1 Å². The van der Waals surface area contributed by atoms with Gasteiger partial charge in [-0.2, -0.15) is 0 Å². The molecule has 0 bridgehead atoms. The fourth-order valence-corrected chi connectivity index (χ4v) is 3.19. The summed E-state index contributed by atoms with van der Waals surface area (Å²) in [4.78, 5) is 7.07. The first kappa shape index (κ1) is 20.6. The molecule has 0 aliphatic carbocycles. The number of likely N-dealkylation sites (tertiary alicyclic amines) is 1. The Bertz CT molecular complexity index is 581. The van der Waals surface area contributed by atoms with Gasteiger partial charge in [-0.3, -0.25) is 0 Å². The van der Waals surface area contributed by atoms with Gasteiger partial charge in [-0.1, -0.05) is 32.9 Å². The zero-order chi connectivity index (χ0) is 19.0. The number of rotatable bonds is 7. The highest BCUT2D eigenvalue weighted by Crippen LogP contribution is 2.25. The van der Waals surface area contributed by atoms with Gasteiger partial charge in [-0.15, -0.1) is 0 Å². The standard InChI is InChI=1S/C21H35N3O2/c1-6-22-20(24-12-10-17(15-24)16-25-5)23-11-13-26-19-9-7-8-18(14-19)21(2,3)4/h7-9,14,17H,6,10-13,15-16H2,1-5H3,(H,22,23). The molecule has 0 radical (unpaired) electrons. The van der Waals surface area contributed by atoms with E-state index < -0.39 is 0 Å². The number of hydrogen-bond acceptors (Lipinski definition) is 3. The van der Waals surface area contributed by atoms with Gasteiger partial charge in [0.05, 0.1) is 13.2 Å². The number of methoxy groups -OCH3 is 1. The lowest BCUT2D eigenvalue weighted by Crippen LogP contribution is -2.40. The molecule has 1 fully saturated rings. The number of ether oxygens (including phenoxy) is 2. The highest BCUT2D eigenvalue weighted by Gasteiger charge is 2.24. The third-order valence-corrected chi connectivity index (χ3v) is 4.64. The average Bonchev–Trinajstić information content (AvgIpc) is 3.06. The summed E-state index contributed by atoms with van der Waals surface area (Å²) < 4.78 is 11.2. The molecule has 1 aliphatic rings. The summed E-state index contributed by atoms with van der Waals surface area (Å²) in [6.45, 7) is 13.7. The predicted molar refractivity (Wildman–Crippen MR) is 108 cm³/mol. The quantitative estimate of drug-likeness (QED) is 0.460. The van der Waals surface area contributed by atoms with Gasteiger partial charge in [0, 0.05) is 32.7 Å². The third-order valence-electron chi connectivity index (χ3n) is 4.64. The van der Waals surface area contributed by atoms with E-state index in [0.717, 1.165) is 44.4 Å². The highest BCUT2D eigenvalue weighted by atomic mass is 16.5. The molecular weight excluding hydrogens is 326 g/mol. The van der Waals surface area contributed by atoms with Crippen molar-refractivity contribution < 1.29 is 9.47 Å². The maximum atomic E-state index is 5.92. The minimum absolute atomic E-state index is 0.129. The fraction of sp³-hybridized carbons (Fsp3) is 0.667. The minimum atomic E-state index is 0.129. The van der Waals surface area contributed by atoms with Crippen LogP contribution in [0.15, 0.2) is 29.3 Å². The summed E-state index contributed by atoms with van der Waals surface area (Å²) >= 11 is 0. The van der Waals surface area contributed by atoms with Crippen molar-refractivity contribution in [1.82, 2.24) is 10.2 Å². The number of hydrogen-bond donors (Lipinski definition) is 1. The van der Waals surface area contributed by atoms with E-state index in [1.165, 1.54) is 5.56 Å². The van der Waals surface area contributed by atoms with Crippen LogP contribution in [0, 0.1) is 5.92 Å². The summed E-state index contributed by atoms with van der Waals surface area (Å²) in [7, 11) is 1.77. The second-order valence-electron chi connectivity index (χ2n) is 7.92. The topological polar surface area (TPSA) is 46.1 Å². The molecule has 1 aromatic carbocycles. The van der Waals surface area contributed by atoms with Gasteiger partial charge in [0.1, 0.15) is 12.4 Å². The van der Waals surface area contributed by atoms with E-state index >= 15 is 0 Å². The minimum Gasteiger partial charge on any atom is -0.492 e. The van der Waals surface area contributed by atoms with E-state index in [1.54, 1.807) is 7.11 Å². The van der Waals surface area contributed by atoms with Crippen LogP contribution < -0.4 is 10.1 Å². The molecule has 1 unspecified atom stereocenters. The lowest BCUT2D eigenvalue weighted by atomic mass is 9.87. The van der Waals surface area contributed by atoms with Crippen LogP contribution in [-0.2, 0) is 10.2 Å². The van der Waals surface area contributed by atoms with Crippen LogP contribution in [0.25, 0.3) is 0 Å². The molecule has 26 heavy (non-hydrogen) atoms. The molecule has 0 aromatic heterocycles. The zero-order valence-corrected chi connectivity index (χ0v) is 17.0. The second-order valence-corrected chi connectivity index (χ2v) is 7.92. The van der Waals surface area contributed by atoms with E-state index in [1.807, 2.05) is 6.07 Å². The molecule has 0 spiro atoms. The molecule has 0 saturated carbocycles. The molecule has 1 N–H and O–H groups in total.